The van der Waals surface area contributed by atoms with Gasteiger partial charge in [-0.15, -0.1) is 0 Å². The Morgan fingerprint density at radius 1 is 1.42 bits per heavy atom. The van der Waals surface area contributed by atoms with Crippen molar-refractivity contribution in [2.24, 2.45) is 0 Å². The predicted octanol–water partition coefficient (Wildman–Crippen LogP) is 1.82. The second kappa shape index (κ2) is 7.03. The van der Waals surface area contributed by atoms with E-state index in [9.17, 15) is 4.79 Å². The highest BCUT2D eigenvalue weighted by atomic mass is 79.9. The largest absolute Gasteiger partial charge is 0.379 e. The molecule has 5 heteroatoms. The van der Waals surface area contributed by atoms with Crippen LogP contribution in [0.3, 0.4) is 0 Å². The van der Waals surface area contributed by atoms with E-state index in [2.05, 4.69) is 26.1 Å². The highest BCUT2D eigenvalue weighted by molar-refractivity contribution is 9.10. The molecule has 1 aliphatic rings. The average molecular weight is 327 g/mol. The molecule has 0 spiro atoms. The summed E-state index contributed by atoms with van der Waals surface area (Å²) in [6.45, 7) is 6.98. The zero-order chi connectivity index (χ0) is 13.7. The SMILES string of the molecule is Cc1c(Br)cccc1C(=O)NCCN1CCOCC1. The molecular formula is C14H19BrN2O2. The van der Waals surface area contributed by atoms with E-state index in [4.69, 9.17) is 4.74 Å². The lowest BCUT2D eigenvalue weighted by molar-refractivity contribution is 0.0383. The number of morpholine rings is 1. The van der Waals surface area contributed by atoms with Crippen molar-refractivity contribution in [2.45, 2.75) is 6.92 Å². The number of hydrogen-bond acceptors (Lipinski definition) is 3. The van der Waals surface area contributed by atoms with E-state index in [1.54, 1.807) is 0 Å². The Labute approximate surface area is 122 Å². The number of nitrogens with one attached hydrogen (secondary N) is 1. The minimum absolute atomic E-state index is 0.00735. The zero-order valence-electron chi connectivity index (χ0n) is 11.1. The third-order valence-corrected chi connectivity index (χ3v) is 4.19. The molecule has 0 atom stereocenters. The molecule has 1 heterocycles. The van der Waals surface area contributed by atoms with Crippen molar-refractivity contribution in [3.8, 4) is 0 Å². The standard InChI is InChI=1S/C14H19BrN2O2/c1-11-12(3-2-4-13(11)15)14(18)16-5-6-17-7-9-19-10-8-17/h2-4H,5-10H2,1H3,(H,16,18). The van der Waals surface area contributed by atoms with Crippen LogP contribution < -0.4 is 5.32 Å². The van der Waals surface area contributed by atoms with E-state index in [0.717, 1.165) is 48.4 Å². The maximum Gasteiger partial charge on any atom is 0.251 e. The first kappa shape index (κ1) is 14.5. The lowest BCUT2D eigenvalue weighted by Crippen LogP contribution is -2.41. The van der Waals surface area contributed by atoms with Gasteiger partial charge < -0.3 is 10.1 Å². The fraction of sp³-hybridized carbons (Fsp3) is 0.500. The molecule has 0 aliphatic carbocycles. The number of carbonyl (C=O) groups is 1. The monoisotopic (exact) mass is 326 g/mol. The van der Waals surface area contributed by atoms with Gasteiger partial charge in [0.25, 0.3) is 5.91 Å². The molecule has 104 valence electrons. The minimum Gasteiger partial charge on any atom is -0.379 e. The number of rotatable bonds is 4. The third kappa shape index (κ3) is 4.03. The molecule has 0 bridgehead atoms. The summed E-state index contributed by atoms with van der Waals surface area (Å²) in [6.07, 6.45) is 0. The molecule has 0 unspecified atom stereocenters. The number of nitrogens with zero attached hydrogens (tertiary/aromatic N) is 1. The van der Waals surface area contributed by atoms with Crippen LogP contribution in [0.15, 0.2) is 22.7 Å². The molecule has 1 aliphatic heterocycles. The molecule has 2 rings (SSSR count). The summed E-state index contributed by atoms with van der Waals surface area (Å²) in [5.74, 6) is -0.00735. The fourth-order valence-corrected chi connectivity index (χ4v) is 2.47. The third-order valence-electron chi connectivity index (χ3n) is 3.33. The van der Waals surface area contributed by atoms with Crippen molar-refractivity contribution < 1.29 is 9.53 Å². The first-order chi connectivity index (χ1) is 9.18. The van der Waals surface area contributed by atoms with Crippen LogP contribution in [0.5, 0.6) is 0 Å². The van der Waals surface area contributed by atoms with E-state index in [0.29, 0.717) is 6.54 Å². The van der Waals surface area contributed by atoms with Gasteiger partial charge in [0.05, 0.1) is 13.2 Å². The van der Waals surface area contributed by atoms with Crippen LogP contribution in [-0.2, 0) is 4.74 Å². The highest BCUT2D eigenvalue weighted by Gasteiger charge is 2.12. The van der Waals surface area contributed by atoms with Crippen molar-refractivity contribution >= 4 is 21.8 Å². The van der Waals surface area contributed by atoms with Gasteiger partial charge in [-0.1, -0.05) is 22.0 Å². The molecule has 1 aromatic rings. The second-order valence-electron chi connectivity index (χ2n) is 4.62. The van der Waals surface area contributed by atoms with Crippen LogP contribution in [0, 0.1) is 6.92 Å². The van der Waals surface area contributed by atoms with Gasteiger partial charge >= 0.3 is 0 Å². The Hall–Kier alpha value is -0.910. The lowest BCUT2D eigenvalue weighted by Gasteiger charge is -2.26. The van der Waals surface area contributed by atoms with E-state index >= 15 is 0 Å². The van der Waals surface area contributed by atoms with Gasteiger partial charge in [-0.2, -0.15) is 0 Å². The number of benzene rings is 1. The molecule has 0 radical (unpaired) electrons. The summed E-state index contributed by atoms with van der Waals surface area (Å²) in [4.78, 5) is 14.4. The molecular weight excluding hydrogens is 308 g/mol. The fourth-order valence-electron chi connectivity index (χ4n) is 2.10. The Kier molecular flexibility index (Phi) is 5.36. The lowest BCUT2D eigenvalue weighted by atomic mass is 10.1. The van der Waals surface area contributed by atoms with Crippen molar-refractivity contribution in [3.63, 3.8) is 0 Å². The number of halogens is 1. The van der Waals surface area contributed by atoms with Crippen LogP contribution in [0.25, 0.3) is 0 Å². The summed E-state index contributed by atoms with van der Waals surface area (Å²) < 4.78 is 6.26. The van der Waals surface area contributed by atoms with Gasteiger partial charge in [0, 0.05) is 36.2 Å². The van der Waals surface area contributed by atoms with Gasteiger partial charge in [-0.3, -0.25) is 9.69 Å². The quantitative estimate of drug-likeness (QED) is 0.917. The Bertz CT molecular complexity index is 445. The molecule has 1 amide bonds. The normalized spacial score (nSPS) is 16.3. The van der Waals surface area contributed by atoms with Crippen LogP contribution in [-0.4, -0.2) is 50.2 Å². The summed E-state index contributed by atoms with van der Waals surface area (Å²) >= 11 is 3.44. The molecule has 1 N–H and O–H groups in total. The van der Waals surface area contributed by atoms with Gasteiger partial charge in [-0.05, 0) is 24.6 Å². The average Bonchev–Trinajstić information content (AvgIpc) is 2.43. The Morgan fingerprint density at radius 3 is 2.89 bits per heavy atom. The first-order valence-electron chi connectivity index (χ1n) is 6.52. The van der Waals surface area contributed by atoms with E-state index in [1.165, 1.54) is 0 Å². The topological polar surface area (TPSA) is 41.6 Å². The molecule has 1 saturated heterocycles. The van der Waals surface area contributed by atoms with Gasteiger partial charge in [0.2, 0.25) is 0 Å². The van der Waals surface area contributed by atoms with Crippen LogP contribution >= 0.6 is 15.9 Å². The van der Waals surface area contributed by atoms with Crippen molar-refractivity contribution in [1.82, 2.24) is 10.2 Å². The molecule has 4 nitrogen and oxygen atoms in total. The van der Waals surface area contributed by atoms with E-state index in [1.807, 2.05) is 25.1 Å². The van der Waals surface area contributed by atoms with Crippen molar-refractivity contribution in [1.29, 1.82) is 0 Å². The van der Waals surface area contributed by atoms with Crippen molar-refractivity contribution in [3.05, 3.63) is 33.8 Å². The molecule has 19 heavy (non-hydrogen) atoms. The smallest absolute Gasteiger partial charge is 0.251 e. The summed E-state index contributed by atoms with van der Waals surface area (Å²) in [5, 5.41) is 2.97. The molecule has 1 aromatic carbocycles. The van der Waals surface area contributed by atoms with Gasteiger partial charge in [0.15, 0.2) is 0 Å². The maximum atomic E-state index is 12.1. The first-order valence-corrected chi connectivity index (χ1v) is 7.31. The number of ether oxygens (including phenoxy) is 1. The zero-order valence-corrected chi connectivity index (χ0v) is 12.7. The highest BCUT2D eigenvalue weighted by Crippen LogP contribution is 2.19. The van der Waals surface area contributed by atoms with Gasteiger partial charge in [-0.25, -0.2) is 0 Å². The molecule has 1 fully saturated rings. The summed E-state index contributed by atoms with van der Waals surface area (Å²) in [6, 6.07) is 5.68. The van der Waals surface area contributed by atoms with Crippen LogP contribution in [0.1, 0.15) is 15.9 Å². The van der Waals surface area contributed by atoms with Crippen molar-refractivity contribution in [2.75, 3.05) is 39.4 Å². The number of amides is 1. The van der Waals surface area contributed by atoms with E-state index < -0.39 is 0 Å². The number of hydrogen-bond donors (Lipinski definition) is 1. The van der Waals surface area contributed by atoms with Crippen LogP contribution in [0.4, 0.5) is 0 Å². The molecule has 0 aromatic heterocycles. The summed E-state index contributed by atoms with van der Waals surface area (Å²) in [5.41, 5.74) is 1.71. The minimum atomic E-state index is -0.00735. The molecule has 0 saturated carbocycles. The second-order valence-corrected chi connectivity index (χ2v) is 5.48. The summed E-state index contributed by atoms with van der Waals surface area (Å²) in [7, 11) is 0. The Balaban J connectivity index is 1.82. The predicted molar refractivity (Wildman–Crippen MR) is 78.5 cm³/mol. The van der Waals surface area contributed by atoms with E-state index in [-0.39, 0.29) is 5.91 Å². The Morgan fingerprint density at radius 2 is 2.16 bits per heavy atom. The van der Waals surface area contributed by atoms with Crippen LogP contribution in [0.2, 0.25) is 0 Å². The maximum absolute atomic E-state index is 12.1. The van der Waals surface area contributed by atoms with Gasteiger partial charge in [0.1, 0.15) is 0 Å². The number of carbonyl (C=O) groups excluding carboxylic acids is 1.